The molecule has 0 fully saturated rings. The molecule has 1 aliphatic heterocycles. The number of methoxy groups -OCH3 is 1. The summed E-state index contributed by atoms with van der Waals surface area (Å²) in [5.74, 6) is -0.0981. The Hall–Kier alpha value is -5.19. The molecule has 11 heteroatoms. The van der Waals surface area contributed by atoms with Gasteiger partial charge in [0.05, 0.1) is 30.7 Å². The quantitative estimate of drug-likeness (QED) is 0.208. The molecule has 42 heavy (non-hydrogen) atoms. The highest BCUT2D eigenvalue weighted by Crippen LogP contribution is 2.45. The third-order valence-electron chi connectivity index (χ3n) is 6.87. The fourth-order valence-electron chi connectivity index (χ4n) is 5.06. The molecule has 0 bridgehead atoms. The van der Waals surface area contributed by atoms with Crippen LogP contribution in [0.1, 0.15) is 37.7 Å². The van der Waals surface area contributed by atoms with Crippen LogP contribution < -0.4 is 15.0 Å². The van der Waals surface area contributed by atoms with E-state index in [1.807, 2.05) is 30.3 Å². The number of anilines is 1. The van der Waals surface area contributed by atoms with Crippen molar-refractivity contribution in [2.24, 2.45) is 0 Å². The fraction of sp³-hybridized carbons (Fsp3) is 0.258. The third kappa shape index (κ3) is 5.40. The van der Waals surface area contributed by atoms with Crippen molar-refractivity contribution in [2.45, 2.75) is 44.9 Å². The van der Waals surface area contributed by atoms with Gasteiger partial charge < -0.3 is 24.2 Å². The minimum Gasteiger partial charge on any atom is -0.497 e. The first-order valence-electron chi connectivity index (χ1n) is 13.3. The van der Waals surface area contributed by atoms with Crippen molar-refractivity contribution in [1.82, 2.24) is 10.5 Å². The Bertz CT molecular complexity index is 1630. The lowest BCUT2D eigenvalue weighted by atomic mass is 9.86. The zero-order valence-corrected chi connectivity index (χ0v) is 23.6. The second kappa shape index (κ2) is 11.0. The number of aromatic nitrogens is 1. The second-order valence-electron chi connectivity index (χ2n) is 10.9. The largest absolute Gasteiger partial charge is 0.497 e. The number of nitro groups is 1. The summed E-state index contributed by atoms with van der Waals surface area (Å²) < 4.78 is 16.3. The second-order valence-corrected chi connectivity index (χ2v) is 10.9. The number of benzene rings is 3. The van der Waals surface area contributed by atoms with E-state index in [0.717, 1.165) is 5.56 Å². The van der Waals surface area contributed by atoms with Crippen LogP contribution in [0, 0.1) is 10.1 Å². The normalized spacial score (nSPS) is 16.2. The number of nitrogens with zero attached hydrogens (tertiary/aromatic N) is 3. The molecule has 1 atom stereocenters. The van der Waals surface area contributed by atoms with Crippen molar-refractivity contribution in [2.75, 3.05) is 12.0 Å². The van der Waals surface area contributed by atoms with Gasteiger partial charge in [0.15, 0.2) is 11.2 Å². The molecule has 0 saturated heterocycles. The summed E-state index contributed by atoms with van der Waals surface area (Å²) in [5, 5.41) is 19.2. The maximum atomic E-state index is 14.4. The fourth-order valence-corrected chi connectivity index (χ4v) is 5.06. The van der Waals surface area contributed by atoms with E-state index >= 15 is 0 Å². The Morgan fingerprint density at radius 3 is 2.36 bits per heavy atom. The molecule has 1 aliphatic rings. The molecule has 0 radical (unpaired) electrons. The van der Waals surface area contributed by atoms with Crippen LogP contribution in [0.2, 0.25) is 0 Å². The number of hydrogen-bond donors (Lipinski definition) is 1. The van der Waals surface area contributed by atoms with Crippen LogP contribution in [0.15, 0.2) is 83.4 Å². The summed E-state index contributed by atoms with van der Waals surface area (Å²) in [6.07, 6.45) is -1.24. The maximum absolute atomic E-state index is 14.4. The number of ether oxygens (including phenoxy) is 2. The molecular weight excluding hydrogens is 540 g/mol. The molecule has 0 aliphatic carbocycles. The van der Waals surface area contributed by atoms with Gasteiger partial charge in [-0.05, 0) is 56.7 Å². The zero-order valence-electron chi connectivity index (χ0n) is 23.6. The van der Waals surface area contributed by atoms with E-state index in [-0.39, 0.29) is 24.4 Å². The number of para-hydroxylation sites is 1. The van der Waals surface area contributed by atoms with E-state index in [1.165, 1.54) is 7.11 Å². The number of amides is 2. The topological polar surface area (TPSA) is 137 Å². The number of alkyl carbamates (subject to hydrolysis) is 1. The van der Waals surface area contributed by atoms with Gasteiger partial charge in [0.2, 0.25) is 5.76 Å². The summed E-state index contributed by atoms with van der Waals surface area (Å²) in [6.45, 7) is 5.32. The molecule has 11 nitrogen and oxygen atoms in total. The monoisotopic (exact) mass is 570 g/mol. The van der Waals surface area contributed by atoms with E-state index in [1.54, 1.807) is 74.2 Å². The highest BCUT2D eigenvalue weighted by molar-refractivity contribution is 6.09. The molecule has 5 rings (SSSR count). The number of rotatable bonds is 8. The summed E-state index contributed by atoms with van der Waals surface area (Å²) in [4.78, 5) is 41.0. The minimum absolute atomic E-state index is 0.00931. The number of nitrogens with one attached hydrogen (secondary N) is 1. The lowest BCUT2D eigenvalue weighted by molar-refractivity contribution is -0.385. The van der Waals surface area contributed by atoms with Crippen molar-refractivity contribution >= 4 is 23.4 Å². The van der Waals surface area contributed by atoms with Crippen LogP contribution in [0.4, 0.5) is 16.2 Å². The Morgan fingerprint density at radius 1 is 1.05 bits per heavy atom. The highest BCUT2D eigenvalue weighted by atomic mass is 16.6. The number of carbonyl (C=O) groups is 2. The Morgan fingerprint density at radius 2 is 1.71 bits per heavy atom. The van der Waals surface area contributed by atoms with E-state index in [9.17, 15) is 19.7 Å². The van der Waals surface area contributed by atoms with Crippen molar-refractivity contribution < 1.29 is 28.5 Å². The van der Waals surface area contributed by atoms with Crippen LogP contribution in [0.25, 0.3) is 11.3 Å². The van der Waals surface area contributed by atoms with Crippen LogP contribution in [0.3, 0.4) is 0 Å². The summed E-state index contributed by atoms with van der Waals surface area (Å²) in [5.41, 5.74) is -0.766. The molecule has 0 spiro atoms. The van der Waals surface area contributed by atoms with Gasteiger partial charge in [-0.25, -0.2) is 4.79 Å². The number of carbonyl (C=O) groups excluding carboxylic acids is 2. The van der Waals surface area contributed by atoms with Crippen molar-refractivity contribution in [3.8, 4) is 17.0 Å². The SMILES string of the molecule is COc1ccc(-c2noc(C[C@]3(NC(=O)OC(C)(C)C)C(=O)N(Cc4ccccc4)c4ccccc43)c2[N+](=O)[O-])cc1. The number of hydrogen-bond acceptors (Lipinski definition) is 8. The van der Waals surface area contributed by atoms with Gasteiger partial charge in [-0.2, -0.15) is 0 Å². The first-order valence-corrected chi connectivity index (χ1v) is 13.3. The lowest BCUT2D eigenvalue weighted by Crippen LogP contribution is -2.55. The van der Waals surface area contributed by atoms with Crippen LogP contribution >= 0.6 is 0 Å². The zero-order chi connectivity index (χ0) is 30.1. The summed E-state index contributed by atoms with van der Waals surface area (Å²) in [6, 6.07) is 22.9. The average Bonchev–Trinajstić information content (AvgIpc) is 3.46. The van der Waals surface area contributed by atoms with Crippen LogP contribution in [0.5, 0.6) is 5.75 Å². The predicted molar refractivity (Wildman–Crippen MR) is 154 cm³/mol. The Labute approximate surface area is 242 Å². The van der Waals surface area contributed by atoms with E-state index in [0.29, 0.717) is 22.6 Å². The predicted octanol–water partition coefficient (Wildman–Crippen LogP) is 5.77. The molecule has 1 N–H and O–H groups in total. The summed E-state index contributed by atoms with van der Waals surface area (Å²) >= 11 is 0. The Balaban J connectivity index is 1.63. The first kappa shape index (κ1) is 28.3. The van der Waals surface area contributed by atoms with E-state index in [2.05, 4.69) is 10.5 Å². The van der Waals surface area contributed by atoms with Gasteiger partial charge in [0, 0.05) is 11.1 Å². The van der Waals surface area contributed by atoms with Gasteiger partial charge in [-0.15, -0.1) is 0 Å². The summed E-state index contributed by atoms with van der Waals surface area (Å²) in [7, 11) is 1.51. The molecule has 3 aromatic carbocycles. The minimum atomic E-state index is -1.78. The van der Waals surface area contributed by atoms with Crippen molar-refractivity contribution in [3.63, 3.8) is 0 Å². The highest BCUT2D eigenvalue weighted by Gasteiger charge is 2.54. The Kier molecular flexibility index (Phi) is 7.42. The van der Waals surface area contributed by atoms with Crippen molar-refractivity contribution in [1.29, 1.82) is 0 Å². The van der Waals surface area contributed by atoms with E-state index < -0.39 is 33.8 Å². The standard InChI is InChI=1S/C31H30N4O7/c1-30(2,3)41-29(37)32-31(18-25-27(35(38)39)26(33-42-25)21-14-16-22(40-4)17-15-21)23-12-8-9-13-24(23)34(28(31)36)19-20-10-6-5-7-11-20/h5-17H,18-19H2,1-4H3,(H,32,37)/t31-/m1/s1. The molecule has 1 aromatic heterocycles. The van der Waals surface area contributed by atoms with Gasteiger partial charge in [-0.3, -0.25) is 14.9 Å². The number of fused-ring (bicyclic) bond motifs is 1. The molecule has 216 valence electrons. The molecular formula is C31H30N4O7. The van der Waals surface area contributed by atoms with Crippen LogP contribution in [-0.2, 0) is 28.0 Å². The third-order valence-corrected chi connectivity index (χ3v) is 6.87. The van der Waals surface area contributed by atoms with Crippen LogP contribution in [-0.4, -0.2) is 34.8 Å². The smallest absolute Gasteiger partial charge is 0.408 e. The molecule has 2 amide bonds. The molecule has 0 unspecified atom stereocenters. The van der Waals surface area contributed by atoms with Gasteiger partial charge >= 0.3 is 11.8 Å². The molecule has 2 heterocycles. The average molecular weight is 571 g/mol. The van der Waals surface area contributed by atoms with Gasteiger partial charge in [0.25, 0.3) is 5.91 Å². The molecule has 0 saturated carbocycles. The van der Waals surface area contributed by atoms with Crippen molar-refractivity contribution in [3.05, 3.63) is 106 Å². The van der Waals surface area contributed by atoms with Gasteiger partial charge in [0.1, 0.15) is 11.4 Å². The first-order chi connectivity index (χ1) is 20.0. The maximum Gasteiger partial charge on any atom is 0.408 e. The lowest BCUT2D eigenvalue weighted by Gasteiger charge is -2.30. The van der Waals surface area contributed by atoms with E-state index in [4.69, 9.17) is 14.0 Å². The van der Waals surface area contributed by atoms with Gasteiger partial charge in [-0.1, -0.05) is 53.7 Å². The molecule has 4 aromatic rings.